The third-order valence-electron chi connectivity index (χ3n) is 2.59. The van der Waals surface area contributed by atoms with Gasteiger partial charge in [0.1, 0.15) is 5.78 Å². The highest BCUT2D eigenvalue weighted by Gasteiger charge is 2.20. The van der Waals surface area contributed by atoms with Crippen LogP contribution in [0.1, 0.15) is 51.9 Å². The van der Waals surface area contributed by atoms with Gasteiger partial charge in [-0.15, -0.1) is 0 Å². The summed E-state index contributed by atoms with van der Waals surface area (Å²) in [5, 5.41) is 0. The molecule has 1 aliphatic rings. The number of carbonyl (C=O) groups excluding carboxylic acids is 1. The van der Waals surface area contributed by atoms with E-state index in [0.29, 0.717) is 11.7 Å². The van der Waals surface area contributed by atoms with Crippen molar-refractivity contribution in [3.63, 3.8) is 0 Å². The second-order valence-corrected chi connectivity index (χ2v) is 3.55. The molecule has 1 rings (SSSR count). The highest BCUT2D eigenvalue weighted by atomic mass is 16.1. The molecule has 2 N–H and O–H groups in total. The van der Waals surface area contributed by atoms with Crippen molar-refractivity contribution in [2.24, 2.45) is 5.92 Å². The molecule has 0 aromatic rings. The Hall–Kier alpha value is -0.370. The molecule has 1 atom stereocenters. The molecule has 0 heterocycles. The number of unbranched alkanes of at least 4 members (excludes halogenated alkanes) is 1. The van der Waals surface area contributed by atoms with E-state index >= 15 is 0 Å². The Morgan fingerprint density at radius 2 is 2.17 bits per heavy atom. The third kappa shape index (κ3) is 3.35. The topological polar surface area (TPSA) is 48.6 Å². The van der Waals surface area contributed by atoms with Crippen molar-refractivity contribution in [1.29, 1.82) is 0 Å². The summed E-state index contributed by atoms with van der Waals surface area (Å²) < 4.78 is 0. The molecule has 1 unspecified atom stereocenters. The smallest absolute Gasteiger partial charge is 0.135 e. The van der Waals surface area contributed by atoms with Gasteiger partial charge in [0, 0.05) is 12.3 Å². The van der Waals surface area contributed by atoms with Crippen LogP contribution in [0.3, 0.4) is 0 Å². The minimum absolute atomic E-state index is 0. The molecule has 0 amide bonds. The molecular formula is C10H20O2. The zero-order valence-corrected chi connectivity index (χ0v) is 7.94. The fourth-order valence-corrected chi connectivity index (χ4v) is 1.81. The van der Waals surface area contributed by atoms with Crippen molar-refractivity contribution in [3.8, 4) is 0 Å². The zero-order valence-electron chi connectivity index (χ0n) is 7.94. The van der Waals surface area contributed by atoms with Crippen LogP contribution < -0.4 is 0 Å². The van der Waals surface area contributed by atoms with Crippen molar-refractivity contribution in [1.82, 2.24) is 0 Å². The van der Waals surface area contributed by atoms with Crippen LogP contribution in [-0.4, -0.2) is 11.3 Å². The van der Waals surface area contributed by atoms with Gasteiger partial charge < -0.3 is 5.48 Å². The lowest BCUT2D eigenvalue weighted by molar-refractivity contribution is -0.124. The van der Waals surface area contributed by atoms with Gasteiger partial charge >= 0.3 is 0 Å². The predicted octanol–water partition coefficient (Wildman–Crippen LogP) is 2.11. The van der Waals surface area contributed by atoms with Crippen LogP contribution in [-0.2, 0) is 4.79 Å². The standard InChI is InChI=1S/C10H18O.H2O/c1-2-3-6-9-7-4-5-8-10(9)11;/h9H,2-8H2,1H3;1H2. The van der Waals surface area contributed by atoms with Gasteiger partial charge in [-0.25, -0.2) is 0 Å². The van der Waals surface area contributed by atoms with Gasteiger partial charge in [0.2, 0.25) is 0 Å². The van der Waals surface area contributed by atoms with E-state index in [1.54, 1.807) is 0 Å². The van der Waals surface area contributed by atoms with E-state index in [-0.39, 0.29) is 5.48 Å². The van der Waals surface area contributed by atoms with Crippen LogP contribution >= 0.6 is 0 Å². The molecule has 1 aliphatic carbocycles. The summed E-state index contributed by atoms with van der Waals surface area (Å²) in [6, 6.07) is 0. The molecular weight excluding hydrogens is 152 g/mol. The maximum atomic E-state index is 11.3. The zero-order chi connectivity index (χ0) is 8.10. The van der Waals surface area contributed by atoms with Crippen molar-refractivity contribution < 1.29 is 10.3 Å². The predicted molar refractivity (Wildman–Crippen MR) is 50.1 cm³/mol. The molecule has 0 aliphatic heterocycles. The Labute approximate surface area is 74.7 Å². The van der Waals surface area contributed by atoms with Gasteiger partial charge in [-0.2, -0.15) is 0 Å². The Morgan fingerprint density at radius 1 is 1.42 bits per heavy atom. The number of ketones is 1. The number of rotatable bonds is 3. The van der Waals surface area contributed by atoms with E-state index in [1.165, 1.54) is 25.7 Å². The Bertz CT molecular complexity index is 132. The summed E-state index contributed by atoms with van der Waals surface area (Å²) in [7, 11) is 0. The van der Waals surface area contributed by atoms with Gasteiger partial charge in [0.05, 0.1) is 0 Å². The van der Waals surface area contributed by atoms with Crippen LogP contribution in [0.5, 0.6) is 0 Å². The summed E-state index contributed by atoms with van der Waals surface area (Å²) in [5.41, 5.74) is 0. The van der Waals surface area contributed by atoms with E-state index in [0.717, 1.165) is 19.3 Å². The van der Waals surface area contributed by atoms with Crippen LogP contribution in [0, 0.1) is 5.92 Å². The summed E-state index contributed by atoms with van der Waals surface area (Å²) in [6.45, 7) is 2.19. The number of carbonyl (C=O) groups is 1. The normalized spacial score (nSPS) is 23.4. The molecule has 72 valence electrons. The van der Waals surface area contributed by atoms with Crippen molar-refractivity contribution in [3.05, 3.63) is 0 Å². The molecule has 0 radical (unpaired) electrons. The fourth-order valence-electron chi connectivity index (χ4n) is 1.81. The maximum absolute atomic E-state index is 11.3. The lowest BCUT2D eigenvalue weighted by Crippen LogP contribution is -2.18. The summed E-state index contributed by atoms with van der Waals surface area (Å²) in [4.78, 5) is 11.3. The highest BCUT2D eigenvalue weighted by molar-refractivity contribution is 5.81. The minimum Gasteiger partial charge on any atom is -0.412 e. The lowest BCUT2D eigenvalue weighted by atomic mass is 9.85. The van der Waals surface area contributed by atoms with E-state index in [2.05, 4.69) is 6.92 Å². The van der Waals surface area contributed by atoms with E-state index in [1.807, 2.05) is 0 Å². The van der Waals surface area contributed by atoms with Crippen LogP contribution in [0.25, 0.3) is 0 Å². The molecule has 0 spiro atoms. The number of Topliss-reactive ketones (excluding diaryl/α,β-unsaturated/α-hetero) is 1. The Balaban J connectivity index is 0.00000121. The maximum Gasteiger partial charge on any atom is 0.135 e. The van der Waals surface area contributed by atoms with Gasteiger partial charge in [-0.1, -0.05) is 26.2 Å². The van der Waals surface area contributed by atoms with Crippen LogP contribution in [0.4, 0.5) is 0 Å². The molecule has 12 heavy (non-hydrogen) atoms. The summed E-state index contributed by atoms with van der Waals surface area (Å²) in [5.74, 6) is 0.966. The van der Waals surface area contributed by atoms with Crippen molar-refractivity contribution >= 4 is 5.78 Å². The molecule has 2 heteroatoms. The van der Waals surface area contributed by atoms with E-state index in [4.69, 9.17) is 0 Å². The SMILES string of the molecule is CCCCC1CCCCC1=O.O. The monoisotopic (exact) mass is 172 g/mol. The molecule has 0 bridgehead atoms. The summed E-state index contributed by atoms with van der Waals surface area (Å²) in [6.07, 6.45) is 8.05. The number of hydrogen-bond donors (Lipinski definition) is 0. The van der Waals surface area contributed by atoms with Crippen molar-refractivity contribution in [2.75, 3.05) is 0 Å². The molecule has 0 aromatic carbocycles. The average molecular weight is 172 g/mol. The first-order chi connectivity index (χ1) is 5.34. The largest absolute Gasteiger partial charge is 0.412 e. The first kappa shape index (κ1) is 11.6. The number of hydrogen-bond acceptors (Lipinski definition) is 1. The van der Waals surface area contributed by atoms with Gasteiger partial charge in [-0.05, 0) is 19.3 Å². The van der Waals surface area contributed by atoms with E-state index in [9.17, 15) is 4.79 Å². The van der Waals surface area contributed by atoms with Gasteiger partial charge in [0.25, 0.3) is 0 Å². The third-order valence-corrected chi connectivity index (χ3v) is 2.59. The Kier molecular flexibility index (Phi) is 5.99. The van der Waals surface area contributed by atoms with Gasteiger partial charge in [0.15, 0.2) is 0 Å². The quantitative estimate of drug-likeness (QED) is 0.643. The first-order valence-electron chi connectivity index (χ1n) is 4.87. The second kappa shape index (κ2) is 6.18. The highest BCUT2D eigenvalue weighted by Crippen LogP contribution is 2.24. The minimum atomic E-state index is 0. The van der Waals surface area contributed by atoms with E-state index < -0.39 is 0 Å². The second-order valence-electron chi connectivity index (χ2n) is 3.55. The van der Waals surface area contributed by atoms with Crippen LogP contribution in [0.2, 0.25) is 0 Å². The average Bonchev–Trinajstić information content (AvgIpc) is 2.03. The van der Waals surface area contributed by atoms with Crippen LogP contribution in [0.15, 0.2) is 0 Å². The molecule has 0 aromatic heterocycles. The molecule has 1 fully saturated rings. The fraction of sp³-hybridized carbons (Fsp3) is 0.900. The molecule has 0 saturated heterocycles. The lowest BCUT2D eigenvalue weighted by Gasteiger charge is -2.19. The van der Waals surface area contributed by atoms with Gasteiger partial charge in [-0.3, -0.25) is 4.79 Å². The van der Waals surface area contributed by atoms with Crippen molar-refractivity contribution in [2.45, 2.75) is 51.9 Å². The Morgan fingerprint density at radius 3 is 2.75 bits per heavy atom. The first-order valence-corrected chi connectivity index (χ1v) is 4.87. The molecule has 2 nitrogen and oxygen atoms in total. The summed E-state index contributed by atoms with van der Waals surface area (Å²) >= 11 is 0. The molecule has 1 saturated carbocycles.